The Balaban J connectivity index is 0.00000341. The van der Waals surface area contributed by atoms with Crippen molar-refractivity contribution < 1.29 is 4.74 Å². The zero-order chi connectivity index (χ0) is 21.3. The molecular formula is C22H28ClIN6O. The molecule has 0 aliphatic heterocycles. The first-order valence-corrected chi connectivity index (χ1v) is 10.3. The van der Waals surface area contributed by atoms with Crippen molar-refractivity contribution in [2.24, 2.45) is 4.99 Å². The van der Waals surface area contributed by atoms with E-state index in [0.717, 1.165) is 54.0 Å². The highest BCUT2D eigenvalue weighted by Crippen LogP contribution is 2.22. The Morgan fingerprint density at radius 1 is 1.19 bits per heavy atom. The van der Waals surface area contributed by atoms with Crippen LogP contribution >= 0.6 is 35.6 Å². The lowest BCUT2D eigenvalue weighted by atomic mass is 10.1. The maximum Gasteiger partial charge on any atom is 0.191 e. The van der Waals surface area contributed by atoms with Gasteiger partial charge in [0, 0.05) is 36.7 Å². The molecule has 2 aromatic heterocycles. The highest BCUT2D eigenvalue weighted by Gasteiger charge is 2.05. The Morgan fingerprint density at radius 3 is 2.65 bits per heavy atom. The normalized spacial score (nSPS) is 11.0. The molecule has 0 saturated carbocycles. The molecule has 9 heteroatoms. The van der Waals surface area contributed by atoms with E-state index in [0.29, 0.717) is 11.6 Å². The number of aliphatic imine (C=N–C) groups is 1. The van der Waals surface area contributed by atoms with Gasteiger partial charge in [0.05, 0.1) is 13.7 Å². The number of methoxy groups -OCH3 is 1. The van der Waals surface area contributed by atoms with Gasteiger partial charge in [-0.15, -0.1) is 24.0 Å². The molecule has 0 aliphatic rings. The Bertz CT molecular complexity index is 990. The van der Waals surface area contributed by atoms with Crippen LogP contribution in [0.1, 0.15) is 23.9 Å². The third-order valence-corrected chi connectivity index (χ3v) is 4.94. The van der Waals surface area contributed by atoms with Crippen LogP contribution in [-0.2, 0) is 13.0 Å². The molecule has 0 bridgehead atoms. The molecule has 7 nitrogen and oxygen atoms in total. The number of aryl methyl sites for hydroxylation is 1. The summed E-state index contributed by atoms with van der Waals surface area (Å²) >= 11 is 6.32. The van der Waals surface area contributed by atoms with Gasteiger partial charge in [0.2, 0.25) is 0 Å². The van der Waals surface area contributed by atoms with Gasteiger partial charge in [0.25, 0.3) is 0 Å². The first-order chi connectivity index (χ1) is 14.6. The smallest absolute Gasteiger partial charge is 0.191 e. The van der Waals surface area contributed by atoms with Crippen molar-refractivity contribution in [1.29, 1.82) is 0 Å². The summed E-state index contributed by atoms with van der Waals surface area (Å²) < 4.78 is 7.14. The molecule has 2 heterocycles. The topological polar surface area (TPSA) is 76.4 Å². The molecule has 31 heavy (non-hydrogen) atoms. The molecule has 0 atom stereocenters. The highest BCUT2D eigenvalue weighted by molar-refractivity contribution is 14.0. The third kappa shape index (κ3) is 7.10. The molecule has 0 amide bonds. The average Bonchev–Trinajstić information content (AvgIpc) is 3.19. The number of benzene rings is 1. The van der Waals surface area contributed by atoms with E-state index in [4.69, 9.17) is 16.3 Å². The van der Waals surface area contributed by atoms with Gasteiger partial charge in [-0.25, -0.2) is 15.0 Å². The second-order valence-corrected chi connectivity index (χ2v) is 7.11. The number of imidazole rings is 1. The fourth-order valence-electron chi connectivity index (χ4n) is 2.96. The number of hydrogen-bond acceptors (Lipinski definition) is 4. The lowest BCUT2D eigenvalue weighted by Gasteiger charge is -2.12. The molecule has 0 radical (unpaired) electrons. The number of nitrogens with one attached hydrogen (secondary N) is 2. The van der Waals surface area contributed by atoms with Crippen molar-refractivity contribution in [3.05, 3.63) is 70.9 Å². The van der Waals surface area contributed by atoms with Gasteiger partial charge in [-0.1, -0.05) is 23.7 Å². The van der Waals surface area contributed by atoms with Crippen LogP contribution in [0.25, 0.3) is 5.82 Å². The summed E-state index contributed by atoms with van der Waals surface area (Å²) in [6.07, 6.45) is 6.30. The summed E-state index contributed by atoms with van der Waals surface area (Å²) in [4.78, 5) is 13.4. The van der Waals surface area contributed by atoms with E-state index in [2.05, 4.69) is 25.6 Å². The number of aromatic nitrogens is 3. The van der Waals surface area contributed by atoms with E-state index >= 15 is 0 Å². The van der Waals surface area contributed by atoms with E-state index in [9.17, 15) is 0 Å². The molecule has 1 aromatic carbocycles. The summed E-state index contributed by atoms with van der Waals surface area (Å²) in [7, 11) is 1.63. The standard InChI is InChI=1S/C22H27ClN6O.HI/c1-4-24-22(26-10-9-18-6-7-19(30-3)13-20(18)23)28-15-17-5-8-21(27-14-17)29-12-11-25-16(29)2;/h5-8,11-14H,4,9-10,15H2,1-3H3,(H2,24,26,28);1H. The van der Waals surface area contributed by atoms with Crippen molar-refractivity contribution in [3.8, 4) is 11.6 Å². The summed E-state index contributed by atoms with van der Waals surface area (Å²) in [5.41, 5.74) is 2.10. The summed E-state index contributed by atoms with van der Waals surface area (Å²) in [5, 5.41) is 7.32. The van der Waals surface area contributed by atoms with E-state index in [1.807, 2.05) is 61.1 Å². The Labute approximate surface area is 205 Å². The third-order valence-electron chi connectivity index (χ3n) is 4.59. The minimum atomic E-state index is 0. The first kappa shape index (κ1) is 24.9. The van der Waals surface area contributed by atoms with Gasteiger partial charge >= 0.3 is 0 Å². The van der Waals surface area contributed by atoms with Crippen molar-refractivity contribution in [1.82, 2.24) is 25.2 Å². The van der Waals surface area contributed by atoms with Crippen molar-refractivity contribution in [2.45, 2.75) is 26.8 Å². The number of pyridine rings is 1. The molecule has 0 saturated heterocycles. The lowest BCUT2D eigenvalue weighted by molar-refractivity contribution is 0.414. The van der Waals surface area contributed by atoms with Gasteiger partial charge in [-0.05, 0) is 49.6 Å². The zero-order valence-corrected chi connectivity index (χ0v) is 21.0. The Hall–Kier alpha value is -2.33. The predicted molar refractivity (Wildman–Crippen MR) is 136 cm³/mol. The Kier molecular flexibility index (Phi) is 10.1. The van der Waals surface area contributed by atoms with Crippen LogP contribution in [0.15, 0.2) is 53.9 Å². The number of halogens is 2. The maximum absolute atomic E-state index is 6.32. The van der Waals surface area contributed by atoms with E-state index in [1.54, 1.807) is 13.3 Å². The minimum absolute atomic E-state index is 0. The fraction of sp³-hybridized carbons (Fsp3) is 0.318. The molecule has 3 rings (SSSR count). The quantitative estimate of drug-likeness (QED) is 0.249. The average molecular weight is 555 g/mol. The van der Waals surface area contributed by atoms with Crippen molar-refractivity contribution in [3.63, 3.8) is 0 Å². The van der Waals surface area contributed by atoms with E-state index in [-0.39, 0.29) is 24.0 Å². The number of nitrogens with zero attached hydrogens (tertiary/aromatic N) is 4. The minimum Gasteiger partial charge on any atom is -0.497 e. The molecule has 0 aliphatic carbocycles. The maximum atomic E-state index is 6.32. The molecule has 0 spiro atoms. The van der Waals surface area contributed by atoms with Crippen LogP contribution in [0, 0.1) is 6.92 Å². The van der Waals surface area contributed by atoms with E-state index < -0.39 is 0 Å². The first-order valence-electron chi connectivity index (χ1n) is 9.90. The van der Waals surface area contributed by atoms with E-state index in [1.165, 1.54) is 0 Å². The number of hydrogen-bond donors (Lipinski definition) is 2. The summed E-state index contributed by atoms with van der Waals surface area (Å²) in [6.45, 7) is 6.03. The van der Waals surface area contributed by atoms with Crippen LogP contribution in [0.2, 0.25) is 5.02 Å². The second kappa shape index (κ2) is 12.5. The predicted octanol–water partition coefficient (Wildman–Crippen LogP) is 4.15. The van der Waals surface area contributed by atoms with Crippen LogP contribution in [-0.4, -0.2) is 40.7 Å². The van der Waals surface area contributed by atoms with Gasteiger partial charge < -0.3 is 15.4 Å². The van der Waals surface area contributed by atoms with Crippen LogP contribution in [0.5, 0.6) is 5.75 Å². The van der Waals surface area contributed by atoms with Gasteiger partial charge in [-0.2, -0.15) is 0 Å². The molecule has 166 valence electrons. The van der Waals surface area contributed by atoms with Crippen LogP contribution in [0.4, 0.5) is 0 Å². The highest BCUT2D eigenvalue weighted by atomic mass is 127. The van der Waals surface area contributed by atoms with Gasteiger partial charge in [0.1, 0.15) is 17.4 Å². The SMILES string of the molecule is CCNC(=NCc1ccc(-n2ccnc2C)nc1)NCCc1ccc(OC)cc1Cl.I. The molecule has 3 aromatic rings. The largest absolute Gasteiger partial charge is 0.497 e. The second-order valence-electron chi connectivity index (χ2n) is 6.70. The monoisotopic (exact) mass is 554 g/mol. The summed E-state index contributed by atoms with van der Waals surface area (Å²) in [6, 6.07) is 9.75. The molecule has 0 fully saturated rings. The Morgan fingerprint density at radius 2 is 2.03 bits per heavy atom. The zero-order valence-electron chi connectivity index (χ0n) is 17.9. The number of guanidine groups is 1. The van der Waals surface area contributed by atoms with Crippen molar-refractivity contribution >= 4 is 41.5 Å². The number of rotatable bonds is 8. The van der Waals surface area contributed by atoms with Gasteiger partial charge in [-0.3, -0.25) is 4.57 Å². The van der Waals surface area contributed by atoms with Crippen LogP contribution < -0.4 is 15.4 Å². The fourth-order valence-corrected chi connectivity index (χ4v) is 3.22. The molecule has 2 N–H and O–H groups in total. The molecule has 0 unspecified atom stereocenters. The molecular weight excluding hydrogens is 527 g/mol. The lowest BCUT2D eigenvalue weighted by Crippen LogP contribution is -2.38. The van der Waals surface area contributed by atoms with Gasteiger partial charge in [0.15, 0.2) is 5.96 Å². The van der Waals surface area contributed by atoms with Crippen molar-refractivity contribution in [2.75, 3.05) is 20.2 Å². The van der Waals surface area contributed by atoms with Crippen LogP contribution in [0.3, 0.4) is 0 Å². The number of ether oxygens (including phenoxy) is 1. The summed E-state index contributed by atoms with van der Waals surface area (Å²) in [5.74, 6) is 3.27.